The number of halogens is 2. The molecule has 0 aliphatic rings. The van der Waals surface area contributed by atoms with Crippen LogP contribution in [0.1, 0.15) is 6.92 Å². The molecule has 7 nitrogen and oxygen atoms in total. The summed E-state index contributed by atoms with van der Waals surface area (Å²) in [5, 5.41) is 11.2. The first kappa shape index (κ1) is 20.8. The van der Waals surface area contributed by atoms with Crippen LogP contribution in [0.4, 0.5) is 19.6 Å². The second-order valence-electron chi connectivity index (χ2n) is 6.10. The number of rotatable bonds is 6. The van der Waals surface area contributed by atoms with Crippen LogP contribution in [0.3, 0.4) is 0 Å². The highest BCUT2D eigenvalue weighted by Gasteiger charge is 2.30. The molecule has 0 saturated carbocycles. The number of amides is 1. The van der Waals surface area contributed by atoms with Gasteiger partial charge < -0.3 is 0 Å². The lowest BCUT2D eigenvalue weighted by atomic mass is 10.2. The van der Waals surface area contributed by atoms with Crippen molar-refractivity contribution in [2.75, 3.05) is 15.9 Å². The fourth-order valence-electron chi connectivity index (χ4n) is 2.61. The zero-order chi connectivity index (χ0) is 21.2. The maximum atomic E-state index is 13.6. The number of nitrogens with zero attached hydrogens (tertiary/aromatic N) is 3. The van der Waals surface area contributed by atoms with Gasteiger partial charge in [-0.15, -0.1) is 10.2 Å². The summed E-state index contributed by atoms with van der Waals surface area (Å²) in [6, 6.07) is 10.6. The Bertz CT molecular complexity index is 1140. The van der Waals surface area contributed by atoms with Gasteiger partial charge in [-0.1, -0.05) is 41.7 Å². The maximum Gasteiger partial charge on any atom is 0.249 e. The molecular formula is C18H16F2N4O3S2. The Morgan fingerprint density at radius 3 is 2.41 bits per heavy atom. The van der Waals surface area contributed by atoms with Crippen LogP contribution in [0.5, 0.6) is 0 Å². The summed E-state index contributed by atoms with van der Waals surface area (Å²) in [5.41, 5.74) is 0.648. The lowest BCUT2D eigenvalue weighted by Gasteiger charge is -2.27. The van der Waals surface area contributed by atoms with Gasteiger partial charge in [-0.05, 0) is 19.1 Å². The minimum Gasteiger partial charge on any atom is -0.299 e. The zero-order valence-corrected chi connectivity index (χ0v) is 17.0. The predicted octanol–water partition coefficient (Wildman–Crippen LogP) is 3.28. The van der Waals surface area contributed by atoms with E-state index in [1.807, 2.05) is 30.3 Å². The first-order valence-corrected chi connectivity index (χ1v) is 11.0. The van der Waals surface area contributed by atoms with Crippen molar-refractivity contribution in [1.29, 1.82) is 0 Å². The van der Waals surface area contributed by atoms with Crippen molar-refractivity contribution in [2.24, 2.45) is 0 Å². The summed E-state index contributed by atoms with van der Waals surface area (Å²) in [6.07, 6.45) is 0.872. The molecule has 0 spiro atoms. The minimum atomic E-state index is -3.97. The Kier molecular flexibility index (Phi) is 5.89. The fourth-order valence-corrected chi connectivity index (χ4v) is 4.53. The summed E-state index contributed by atoms with van der Waals surface area (Å²) in [7, 11) is -3.97. The number of benzene rings is 2. The van der Waals surface area contributed by atoms with Gasteiger partial charge in [0.05, 0.1) is 11.9 Å². The smallest absolute Gasteiger partial charge is 0.249 e. The lowest BCUT2D eigenvalue weighted by molar-refractivity contribution is -0.116. The molecule has 1 aromatic heterocycles. The highest BCUT2D eigenvalue weighted by atomic mass is 32.2. The molecule has 3 aromatic rings. The molecule has 2 aromatic carbocycles. The number of nitrogens with one attached hydrogen (secondary N) is 1. The van der Waals surface area contributed by atoms with Crippen molar-refractivity contribution in [3.8, 4) is 10.6 Å². The first-order chi connectivity index (χ1) is 13.7. The number of carbonyl (C=O) groups excluding carboxylic acids is 1. The molecule has 3 rings (SSSR count). The van der Waals surface area contributed by atoms with E-state index in [9.17, 15) is 22.0 Å². The van der Waals surface area contributed by atoms with Gasteiger partial charge in [0.2, 0.25) is 21.1 Å². The highest BCUT2D eigenvalue weighted by molar-refractivity contribution is 7.92. The molecule has 29 heavy (non-hydrogen) atoms. The number of sulfonamides is 1. The average molecular weight is 438 g/mol. The largest absolute Gasteiger partial charge is 0.299 e. The van der Waals surface area contributed by atoms with E-state index in [4.69, 9.17) is 0 Å². The van der Waals surface area contributed by atoms with Crippen molar-refractivity contribution < 1.29 is 22.0 Å². The Balaban J connectivity index is 1.83. The number of hydrogen-bond acceptors (Lipinski definition) is 6. The topological polar surface area (TPSA) is 92.3 Å². The molecule has 1 unspecified atom stereocenters. The molecule has 11 heteroatoms. The van der Waals surface area contributed by atoms with Crippen LogP contribution >= 0.6 is 11.3 Å². The van der Waals surface area contributed by atoms with Gasteiger partial charge >= 0.3 is 0 Å². The van der Waals surface area contributed by atoms with E-state index < -0.39 is 33.6 Å². The molecule has 1 atom stereocenters. The molecule has 0 fully saturated rings. The predicted molar refractivity (Wildman–Crippen MR) is 107 cm³/mol. The summed E-state index contributed by atoms with van der Waals surface area (Å²) in [4.78, 5) is 12.6. The van der Waals surface area contributed by atoms with E-state index in [2.05, 4.69) is 15.5 Å². The molecule has 0 aliphatic heterocycles. The minimum absolute atomic E-state index is 0.170. The molecule has 1 amide bonds. The van der Waals surface area contributed by atoms with Gasteiger partial charge in [-0.2, -0.15) is 0 Å². The van der Waals surface area contributed by atoms with Crippen molar-refractivity contribution in [1.82, 2.24) is 10.2 Å². The maximum absolute atomic E-state index is 13.6. The van der Waals surface area contributed by atoms with Crippen LogP contribution in [-0.4, -0.2) is 36.8 Å². The normalized spacial score (nSPS) is 12.4. The molecule has 1 N–H and O–H groups in total. The van der Waals surface area contributed by atoms with Crippen molar-refractivity contribution in [3.05, 3.63) is 60.2 Å². The van der Waals surface area contributed by atoms with Gasteiger partial charge in [0.15, 0.2) is 11.6 Å². The molecule has 1 heterocycles. The van der Waals surface area contributed by atoms with E-state index >= 15 is 0 Å². The standard InChI is InChI=1S/C18H16F2N4O3S2/c1-11(24(29(2,26)27)13-8-9-14(19)15(20)10-13)16(25)21-18-23-22-17(28-18)12-6-4-3-5-7-12/h3-11H,1-2H3,(H,21,23,25). The third kappa shape index (κ3) is 4.74. The van der Waals surface area contributed by atoms with Crippen LogP contribution in [0.15, 0.2) is 48.5 Å². The molecule has 0 aliphatic carbocycles. The fraction of sp³-hybridized carbons (Fsp3) is 0.167. The monoisotopic (exact) mass is 438 g/mol. The van der Waals surface area contributed by atoms with E-state index in [-0.39, 0.29) is 10.8 Å². The van der Waals surface area contributed by atoms with E-state index in [0.29, 0.717) is 9.31 Å². The number of anilines is 2. The summed E-state index contributed by atoms with van der Waals surface area (Å²) in [6.45, 7) is 1.33. The molecular weight excluding hydrogens is 422 g/mol. The highest BCUT2D eigenvalue weighted by Crippen LogP contribution is 2.27. The van der Waals surface area contributed by atoms with E-state index in [1.54, 1.807) is 0 Å². The summed E-state index contributed by atoms with van der Waals surface area (Å²) in [5.74, 6) is -3.04. The molecule has 0 bridgehead atoms. The van der Waals surface area contributed by atoms with Gasteiger partial charge in [-0.25, -0.2) is 17.2 Å². The van der Waals surface area contributed by atoms with E-state index in [1.165, 1.54) is 6.92 Å². The zero-order valence-electron chi connectivity index (χ0n) is 15.3. The SMILES string of the molecule is CC(C(=O)Nc1nnc(-c2ccccc2)s1)N(c1ccc(F)c(F)c1)S(C)(=O)=O. The second kappa shape index (κ2) is 8.21. The summed E-state index contributed by atoms with van der Waals surface area (Å²) < 4.78 is 52.0. The molecule has 0 saturated heterocycles. The Labute approximate surface area is 170 Å². The van der Waals surface area contributed by atoms with Crippen LogP contribution in [0.25, 0.3) is 10.6 Å². The van der Waals surface area contributed by atoms with Crippen molar-refractivity contribution in [3.63, 3.8) is 0 Å². The second-order valence-corrected chi connectivity index (χ2v) is 8.94. The van der Waals surface area contributed by atoms with Crippen molar-refractivity contribution >= 4 is 38.1 Å². The third-order valence-corrected chi connectivity index (χ3v) is 6.05. The van der Waals surface area contributed by atoms with Gasteiger partial charge in [0.1, 0.15) is 11.0 Å². The van der Waals surface area contributed by atoms with Crippen LogP contribution in [0.2, 0.25) is 0 Å². The number of hydrogen-bond donors (Lipinski definition) is 1. The number of aromatic nitrogens is 2. The Morgan fingerprint density at radius 1 is 1.10 bits per heavy atom. The molecule has 152 valence electrons. The van der Waals surface area contributed by atoms with Crippen LogP contribution in [0, 0.1) is 11.6 Å². The lowest BCUT2D eigenvalue weighted by Crippen LogP contribution is -2.45. The first-order valence-electron chi connectivity index (χ1n) is 8.31. The van der Waals surface area contributed by atoms with Gasteiger partial charge in [-0.3, -0.25) is 14.4 Å². The van der Waals surface area contributed by atoms with Crippen molar-refractivity contribution in [2.45, 2.75) is 13.0 Å². The average Bonchev–Trinajstić information content (AvgIpc) is 3.13. The quantitative estimate of drug-likeness (QED) is 0.638. The van der Waals surface area contributed by atoms with Crippen LogP contribution < -0.4 is 9.62 Å². The van der Waals surface area contributed by atoms with E-state index in [0.717, 1.165) is 41.4 Å². The summed E-state index contributed by atoms with van der Waals surface area (Å²) >= 11 is 1.12. The molecule has 0 radical (unpaired) electrons. The third-order valence-electron chi connectivity index (χ3n) is 3.92. The Morgan fingerprint density at radius 2 is 1.79 bits per heavy atom. The number of carbonyl (C=O) groups is 1. The van der Waals surface area contributed by atoms with Gasteiger partial charge in [0.25, 0.3) is 0 Å². The Hall–Kier alpha value is -2.92. The van der Waals surface area contributed by atoms with Gasteiger partial charge in [0, 0.05) is 11.6 Å². The van der Waals surface area contributed by atoms with Crippen LogP contribution in [-0.2, 0) is 14.8 Å².